The molecule has 1 saturated carbocycles. The summed E-state index contributed by atoms with van der Waals surface area (Å²) >= 11 is 0. The summed E-state index contributed by atoms with van der Waals surface area (Å²) in [6.45, 7) is 8.86. The summed E-state index contributed by atoms with van der Waals surface area (Å²) in [5.74, 6) is 1.00. The Labute approximate surface area is 108 Å². The molecular formula is C16H31N. The maximum Gasteiger partial charge on any atom is 0.0278 e. The van der Waals surface area contributed by atoms with E-state index < -0.39 is 0 Å². The first kappa shape index (κ1) is 14.8. The fourth-order valence-electron chi connectivity index (χ4n) is 3.22. The molecule has 1 heteroatoms. The zero-order valence-electron chi connectivity index (χ0n) is 12.1. The van der Waals surface area contributed by atoms with Gasteiger partial charge in [0.15, 0.2) is 0 Å². The molecule has 0 spiro atoms. The molecular weight excluding hydrogens is 206 g/mol. The molecule has 0 amide bonds. The van der Waals surface area contributed by atoms with Crippen LogP contribution in [-0.4, -0.2) is 24.0 Å². The SMILES string of the molecule is C/C=C/C1CCCN1CC1CCCCC1.CC. The van der Waals surface area contributed by atoms with Crippen molar-refractivity contribution in [3.05, 3.63) is 12.2 Å². The van der Waals surface area contributed by atoms with Gasteiger partial charge in [0.25, 0.3) is 0 Å². The van der Waals surface area contributed by atoms with Crippen molar-refractivity contribution in [3.63, 3.8) is 0 Å². The van der Waals surface area contributed by atoms with E-state index in [-0.39, 0.29) is 0 Å². The highest BCUT2D eigenvalue weighted by atomic mass is 15.2. The third-order valence-corrected chi connectivity index (χ3v) is 4.05. The van der Waals surface area contributed by atoms with Gasteiger partial charge in [-0.15, -0.1) is 0 Å². The molecule has 2 fully saturated rings. The zero-order chi connectivity index (χ0) is 12.5. The number of rotatable bonds is 3. The fraction of sp³-hybridized carbons (Fsp3) is 0.875. The predicted octanol–water partition coefficient (Wildman–Crippen LogP) is 4.63. The Hall–Kier alpha value is -0.300. The molecule has 0 N–H and O–H groups in total. The van der Waals surface area contributed by atoms with Crippen molar-refractivity contribution in [2.45, 2.75) is 71.8 Å². The number of hydrogen-bond donors (Lipinski definition) is 0. The standard InChI is InChI=1S/C14H25N.C2H6/c1-2-7-14-10-6-11-15(14)12-13-8-4-3-5-9-13;1-2/h2,7,13-14H,3-6,8-12H2,1H3;1-2H3/b7-2+;. The maximum absolute atomic E-state index is 2.72. The minimum absolute atomic E-state index is 0.761. The second kappa shape index (κ2) is 8.74. The van der Waals surface area contributed by atoms with Gasteiger partial charge in [-0.2, -0.15) is 0 Å². The minimum atomic E-state index is 0.761. The number of allylic oxidation sites excluding steroid dienone is 1. The van der Waals surface area contributed by atoms with Gasteiger partial charge in [0.1, 0.15) is 0 Å². The minimum Gasteiger partial charge on any atom is -0.297 e. The predicted molar refractivity (Wildman–Crippen MR) is 77.3 cm³/mol. The van der Waals surface area contributed by atoms with Crippen LogP contribution < -0.4 is 0 Å². The van der Waals surface area contributed by atoms with Crippen LogP contribution in [-0.2, 0) is 0 Å². The lowest BCUT2D eigenvalue weighted by Gasteiger charge is -2.29. The van der Waals surface area contributed by atoms with Crippen LogP contribution in [0.15, 0.2) is 12.2 Å². The molecule has 0 radical (unpaired) electrons. The van der Waals surface area contributed by atoms with Crippen LogP contribution in [0.5, 0.6) is 0 Å². The maximum atomic E-state index is 2.72. The zero-order valence-corrected chi connectivity index (χ0v) is 12.1. The topological polar surface area (TPSA) is 3.24 Å². The van der Waals surface area contributed by atoms with E-state index in [1.54, 1.807) is 0 Å². The molecule has 1 saturated heterocycles. The lowest BCUT2D eigenvalue weighted by atomic mass is 9.89. The van der Waals surface area contributed by atoms with Crippen LogP contribution in [0.3, 0.4) is 0 Å². The molecule has 0 bridgehead atoms. The van der Waals surface area contributed by atoms with Crippen LogP contribution in [0.25, 0.3) is 0 Å². The van der Waals surface area contributed by atoms with Crippen LogP contribution in [0, 0.1) is 5.92 Å². The first-order chi connectivity index (χ1) is 8.40. The van der Waals surface area contributed by atoms with Crippen molar-refractivity contribution in [2.75, 3.05) is 13.1 Å². The van der Waals surface area contributed by atoms with Crippen LogP contribution in [0.2, 0.25) is 0 Å². The van der Waals surface area contributed by atoms with Crippen LogP contribution in [0.1, 0.15) is 65.7 Å². The van der Waals surface area contributed by atoms with Gasteiger partial charge in [-0.1, -0.05) is 45.3 Å². The summed E-state index contributed by atoms with van der Waals surface area (Å²) in [5, 5.41) is 0. The molecule has 1 aliphatic heterocycles. The molecule has 1 nitrogen and oxygen atoms in total. The van der Waals surface area contributed by atoms with Gasteiger partial charge < -0.3 is 0 Å². The summed E-state index contributed by atoms with van der Waals surface area (Å²) in [5.41, 5.74) is 0. The first-order valence-electron chi connectivity index (χ1n) is 7.77. The molecule has 17 heavy (non-hydrogen) atoms. The summed E-state index contributed by atoms with van der Waals surface area (Å²) in [7, 11) is 0. The van der Waals surface area contributed by atoms with Crippen LogP contribution in [0.4, 0.5) is 0 Å². The smallest absolute Gasteiger partial charge is 0.0278 e. The Balaban J connectivity index is 0.000000686. The lowest BCUT2D eigenvalue weighted by Crippen LogP contribution is -2.33. The van der Waals surface area contributed by atoms with Gasteiger partial charge in [0.2, 0.25) is 0 Å². The van der Waals surface area contributed by atoms with E-state index in [0.717, 1.165) is 12.0 Å². The third-order valence-electron chi connectivity index (χ3n) is 4.05. The van der Waals surface area contributed by atoms with Gasteiger partial charge in [0.05, 0.1) is 0 Å². The second-order valence-electron chi connectivity index (χ2n) is 5.23. The summed E-state index contributed by atoms with van der Waals surface area (Å²) in [6, 6.07) is 0.761. The average Bonchev–Trinajstić information content (AvgIpc) is 2.81. The van der Waals surface area contributed by atoms with Gasteiger partial charge >= 0.3 is 0 Å². The molecule has 2 rings (SSSR count). The highest BCUT2D eigenvalue weighted by Crippen LogP contribution is 2.27. The van der Waals surface area contributed by atoms with E-state index in [0.29, 0.717) is 0 Å². The van der Waals surface area contributed by atoms with E-state index in [4.69, 9.17) is 0 Å². The fourth-order valence-corrected chi connectivity index (χ4v) is 3.22. The molecule has 0 aromatic heterocycles. The molecule has 1 atom stereocenters. The Kier molecular flexibility index (Phi) is 7.59. The highest BCUT2D eigenvalue weighted by Gasteiger charge is 2.25. The number of likely N-dealkylation sites (tertiary alicyclic amines) is 1. The van der Waals surface area contributed by atoms with Crippen molar-refractivity contribution >= 4 is 0 Å². The Bertz CT molecular complexity index is 204. The van der Waals surface area contributed by atoms with Gasteiger partial charge in [-0.25, -0.2) is 0 Å². The highest BCUT2D eigenvalue weighted by molar-refractivity contribution is 4.96. The average molecular weight is 237 g/mol. The molecule has 100 valence electrons. The summed E-state index contributed by atoms with van der Waals surface area (Å²) < 4.78 is 0. The van der Waals surface area contributed by atoms with E-state index in [2.05, 4.69) is 24.0 Å². The molecule has 0 aromatic carbocycles. The van der Waals surface area contributed by atoms with Crippen LogP contribution >= 0.6 is 0 Å². The number of hydrogen-bond acceptors (Lipinski definition) is 1. The second-order valence-corrected chi connectivity index (χ2v) is 5.23. The molecule has 1 unspecified atom stereocenters. The molecule has 1 heterocycles. The Morgan fingerprint density at radius 3 is 2.35 bits per heavy atom. The van der Waals surface area contributed by atoms with Crippen molar-refractivity contribution in [2.24, 2.45) is 5.92 Å². The third kappa shape index (κ3) is 4.83. The largest absolute Gasteiger partial charge is 0.297 e. The van der Waals surface area contributed by atoms with E-state index in [1.807, 2.05) is 13.8 Å². The van der Waals surface area contributed by atoms with Crippen molar-refractivity contribution in [1.29, 1.82) is 0 Å². The lowest BCUT2D eigenvalue weighted by molar-refractivity contribution is 0.208. The van der Waals surface area contributed by atoms with Crippen molar-refractivity contribution < 1.29 is 0 Å². The van der Waals surface area contributed by atoms with Gasteiger partial charge in [-0.05, 0) is 45.1 Å². The monoisotopic (exact) mass is 237 g/mol. The first-order valence-corrected chi connectivity index (χ1v) is 7.77. The van der Waals surface area contributed by atoms with E-state index in [1.165, 1.54) is 58.0 Å². The van der Waals surface area contributed by atoms with Gasteiger partial charge in [0, 0.05) is 12.6 Å². The molecule has 2 aliphatic rings. The van der Waals surface area contributed by atoms with Gasteiger partial charge in [-0.3, -0.25) is 4.90 Å². The Morgan fingerprint density at radius 1 is 1.00 bits per heavy atom. The van der Waals surface area contributed by atoms with Crippen molar-refractivity contribution in [1.82, 2.24) is 4.90 Å². The van der Waals surface area contributed by atoms with E-state index in [9.17, 15) is 0 Å². The molecule has 0 aromatic rings. The Morgan fingerprint density at radius 2 is 1.71 bits per heavy atom. The summed E-state index contributed by atoms with van der Waals surface area (Å²) in [6.07, 6.45) is 14.8. The van der Waals surface area contributed by atoms with Crippen molar-refractivity contribution in [3.8, 4) is 0 Å². The van der Waals surface area contributed by atoms with E-state index >= 15 is 0 Å². The normalized spacial score (nSPS) is 27.1. The molecule has 1 aliphatic carbocycles. The summed E-state index contributed by atoms with van der Waals surface area (Å²) in [4.78, 5) is 2.72. The number of nitrogens with zero attached hydrogens (tertiary/aromatic N) is 1. The quantitative estimate of drug-likeness (QED) is 0.647.